The fraction of sp³-hybridized carbons (Fsp3) is 0.286. The second-order valence-electron chi connectivity index (χ2n) is 4.81. The summed E-state index contributed by atoms with van der Waals surface area (Å²) in [5.41, 5.74) is 0. The summed E-state index contributed by atoms with van der Waals surface area (Å²) in [6.07, 6.45) is -9.69. The molecule has 0 aromatic heterocycles. The summed E-state index contributed by atoms with van der Waals surface area (Å²) in [4.78, 5) is 22.3. The standard InChI is InChI=1S/C14H11F5O8S/c1-2-10(20)26-9-5-3-8(4-6-9)25-7-11(21)27-12(13(15,16)17)14(18,19)28(22,23)24/h2-6,12H,1,7H2,(H,22,23,24)/p-1. The van der Waals surface area contributed by atoms with Gasteiger partial charge in [-0.15, -0.1) is 0 Å². The number of ether oxygens (including phenoxy) is 3. The van der Waals surface area contributed by atoms with Gasteiger partial charge in [0.15, 0.2) is 16.7 Å². The topological polar surface area (TPSA) is 119 Å². The van der Waals surface area contributed by atoms with Crippen molar-refractivity contribution in [2.24, 2.45) is 0 Å². The Balaban J connectivity index is 2.79. The molecule has 0 aliphatic carbocycles. The molecule has 156 valence electrons. The molecule has 28 heavy (non-hydrogen) atoms. The van der Waals surface area contributed by atoms with E-state index < -0.39 is 46.2 Å². The summed E-state index contributed by atoms with van der Waals surface area (Å²) < 4.78 is 108. The Morgan fingerprint density at radius 1 is 1.11 bits per heavy atom. The number of halogens is 5. The summed E-state index contributed by atoms with van der Waals surface area (Å²) in [5, 5.41) is -5.95. The Labute approximate surface area is 154 Å². The summed E-state index contributed by atoms with van der Waals surface area (Å²) >= 11 is 0. The van der Waals surface area contributed by atoms with Crippen LogP contribution in [0.15, 0.2) is 36.9 Å². The Hall–Kier alpha value is -2.74. The van der Waals surface area contributed by atoms with E-state index in [2.05, 4.69) is 11.3 Å². The molecule has 1 unspecified atom stereocenters. The fourth-order valence-electron chi connectivity index (χ4n) is 1.53. The van der Waals surface area contributed by atoms with Crippen LogP contribution in [0.3, 0.4) is 0 Å². The molecule has 0 heterocycles. The zero-order chi connectivity index (χ0) is 21.8. The molecule has 1 aromatic rings. The van der Waals surface area contributed by atoms with Crippen molar-refractivity contribution >= 4 is 22.1 Å². The van der Waals surface area contributed by atoms with Gasteiger partial charge in [-0.25, -0.2) is 18.0 Å². The van der Waals surface area contributed by atoms with Crippen molar-refractivity contribution in [1.29, 1.82) is 0 Å². The van der Waals surface area contributed by atoms with Gasteiger partial charge in [0.2, 0.25) is 0 Å². The van der Waals surface area contributed by atoms with Crippen LogP contribution in [-0.2, 0) is 24.4 Å². The zero-order valence-electron chi connectivity index (χ0n) is 13.4. The molecular formula is C14H10F5O8S-. The third-order valence-corrected chi connectivity index (χ3v) is 3.63. The van der Waals surface area contributed by atoms with Crippen LogP contribution in [-0.4, -0.2) is 49.1 Å². The SMILES string of the molecule is C=CC(=O)Oc1ccc(OCC(=O)OC(C(F)(F)F)C(F)(F)S(=O)(=O)[O-])cc1. The lowest BCUT2D eigenvalue weighted by Crippen LogP contribution is -2.52. The molecule has 0 aliphatic rings. The summed E-state index contributed by atoms with van der Waals surface area (Å²) in [6, 6.07) is 4.55. The molecule has 0 aliphatic heterocycles. The molecule has 0 amide bonds. The normalized spacial score (nSPS) is 13.4. The van der Waals surface area contributed by atoms with E-state index in [9.17, 15) is 44.5 Å². The second kappa shape index (κ2) is 8.52. The molecule has 0 spiro atoms. The number of alkyl halides is 5. The molecule has 0 fully saturated rings. The number of benzene rings is 1. The van der Waals surface area contributed by atoms with Crippen LogP contribution in [0.25, 0.3) is 0 Å². The number of carbonyl (C=O) groups excluding carboxylic acids is 2. The van der Waals surface area contributed by atoms with Gasteiger partial charge in [-0.05, 0) is 24.3 Å². The highest BCUT2D eigenvalue weighted by Gasteiger charge is 2.62. The predicted molar refractivity (Wildman–Crippen MR) is 78.3 cm³/mol. The van der Waals surface area contributed by atoms with E-state index in [1.165, 1.54) is 12.1 Å². The fourth-order valence-corrected chi connectivity index (χ4v) is 1.97. The van der Waals surface area contributed by atoms with Gasteiger partial charge in [0.05, 0.1) is 0 Å². The summed E-state index contributed by atoms with van der Waals surface area (Å²) in [5.74, 6) is -2.95. The largest absolute Gasteiger partial charge is 0.743 e. The van der Waals surface area contributed by atoms with Crippen LogP contribution in [0.1, 0.15) is 0 Å². The van der Waals surface area contributed by atoms with Crippen molar-refractivity contribution in [3.05, 3.63) is 36.9 Å². The third-order valence-electron chi connectivity index (χ3n) is 2.75. The first-order valence-corrected chi connectivity index (χ1v) is 8.26. The van der Waals surface area contributed by atoms with Gasteiger partial charge in [-0.3, -0.25) is 0 Å². The second-order valence-corrected chi connectivity index (χ2v) is 6.27. The van der Waals surface area contributed by atoms with Crippen molar-refractivity contribution in [2.75, 3.05) is 6.61 Å². The van der Waals surface area contributed by atoms with E-state index in [0.29, 0.717) is 0 Å². The van der Waals surface area contributed by atoms with E-state index >= 15 is 0 Å². The van der Waals surface area contributed by atoms with Crippen molar-refractivity contribution in [3.8, 4) is 11.5 Å². The minimum atomic E-state index is -6.78. The van der Waals surface area contributed by atoms with Gasteiger partial charge in [-0.1, -0.05) is 6.58 Å². The van der Waals surface area contributed by atoms with Crippen LogP contribution in [0, 0.1) is 0 Å². The van der Waals surface area contributed by atoms with Gasteiger partial charge in [0.1, 0.15) is 11.5 Å². The van der Waals surface area contributed by atoms with E-state index in [1.807, 2.05) is 0 Å². The molecule has 1 rings (SSSR count). The minimum absolute atomic E-state index is 0.0252. The van der Waals surface area contributed by atoms with Crippen LogP contribution in [0.4, 0.5) is 22.0 Å². The predicted octanol–water partition coefficient (Wildman–Crippen LogP) is 1.77. The van der Waals surface area contributed by atoms with Crippen molar-refractivity contribution in [2.45, 2.75) is 17.5 Å². The average Bonchev–Trinajstić information content (AvgIpc) is 2.56. The maximum Gasteiger partial charge on any atom is 0.432 e. The van der Waals surface area contributed by atoms with Gasteiger partial charge in [-0.2, -0.15) is 22.0 Å². The van der Waals surface area contributed by atoms with Crippen LogP contribution in [0.5, 0.6) is 11.5 Å². The van der Waals surface area contributed by atoms with Crippen LogP contribution in [0.2, 0.25) is 0 Å². The van der Waals surface area contributed by atoms with E-state index in [1.54, 1.807) is 0 Å². The van der Waals surface area contributed by atoms with Crippen molar-refractivity contribution in [3.63, 3.8) is 0 Å². The van der Waals surface area contributed by atoms with Gasteiger partial charge < -0.3 is 18.8 Å². The van der Waals surface area contributed by atoms with Crippen LogP contribution < -0.4 is 9.47 Å². The van der Waals surface area contributed by atoms with Gasteiger partial charge in [0, 0.05) is 6.08 Å². The Bertz CT molecular complexity index is 832. The number of hydrogen-bond donors (Lipinski definition) is 0. The Morgan fingerprint density at radius 2 is 1.61 bits per heavy atom. The number of esters is 2. The highest BCUT2D eigenvalue weighted by Crippen LogP contribution is 2.38. The first-order valence-electron chi connectivity index (χ1n) is 6.85. The highest BCUT2D eigenvalue weighted by molar-refractivity contribution is 7.86. The molecule has 0 radical (unpaired) electrons. The number of rotatable bonds is 8. The lowest BCUT2D eigenvalue weighted by Gasteiger charge is -2.29. The number of hydrogen-bond acceptors (Lipinski definition) is 8. The number of carbonyl (C=O) groups is 2. The minimum Gasteiger partial charge on any atom is -0.743 e. The lowest BCUT2D eigenvalue weighted by atomic mass is 10.3. The average molecular weight is 433 g/mol. The highest BCUT2D eigenvalue weighted by atomic mass is 32.2. The van der Waals surface area contributed by atoms with E-state index in [0.717, 1.165) is 18.2 Å². The van der Waals surface area contributed by atoms with E-state index in [-0.39, 0.29) is 11.5 Å². The molecule has 1 aromatic carbocycles. The van der Waals surface area contributed by atoms with E-state index in [4.69, 9.17) is 9.47 Å². The van der Waals surface area contributed by atoms with Gasteiger partial charge >= 0.3 is 23.4 Å². The summed E-state index contributed by atoms with van der Waals surface area (Å²) in [6.45, 7) is 1.83. The molecule has 0 saturated heterocycles. The monoisotopic (exact) mass is 433 g/mol. The molecule has 14 heteroatoms. The molecular weight excluding hydrogens is 423 g/mol. The molecule has 1 atom stereocenters. The molecule has 0 N–H and O–H groups in total. The first kappa shape index (κ1) is 23.3. The smallest absolute Gasteiger partial charge is 0.432 e. The maximum absolute atomic E-state index is 13.2. The zero-order valence-corrected chi connectivity index (χ0v) is 14.3. The molecule has 8 nitrogen and oxygen atoms in total. The van der Waals surface area contributed by atoms with Crippen molar-refractivity contribution in [1.82, 2.24) is 0 Å². The van der Waals surface area contributed by atoms with Gasteiger partial charge in [0.25, 0.3) is 6.10 Å². The summed E-state index contributed by atoms with van der Waals surface area (Å²) in [7, 11) is -6.78. The Kier molecular flexibility index (Phi) is 7.09. The van der Waals surface area contributed by atoms with Crippen molar-refractivity contribution < 1.29 is 58.7 Å². The Morgan fingerprint density at radius 3 is 2.04 bits per heavy atom. The quantitative estimate of drug-likeness (QED) is 0.200. The third kappa shape index (κ3) is 6.16. The molecule has 0 bridgehead atoms. The first-order chi connectivity index (χ1) is 12.7. The maximum atomic E-state index is 13.2. The lowest BCUT2D eigenvalue weighted by molar-refractivity contribution is -0.259. The molecule has 0 saturated carbocycles. The van der Waals surface area contributed by atoms with Crippen LogP contribution >= 0.6 is 0 Å².